The molecule has 0 saturated carbocycles. The summed E-state index contributed by atoms with van der Waals surface area (Å²) in [5.74, 6) is 2.15. The number of nitrogens with one attached hydrogen (secondary N) is 2. The average molecular weight is 378 g/mol. The first-order valence-corrected chi connectivity index (χ1v) is 8.67. The van der Waals surface area contributed by atoms with Gasteiger partial charge in [-0.25, -0.2) is 0 Å². The second kappa shape index (κ2) is 7.83. The zero-order chi connectivity index (χ0) is 19.3. The van der Waals surface area contributed by atoms with E-state index in [4.69, 9.17) is 14.2 Å². The van der Waals surface area contributed by atoms with E-state index in [1.807, 2.05) is 24.3 Å². The van der Waals surface area contributed by atoms with Crippen molar-refractivity contribution in [1.29, 1.82) is 0 Å². The van der Waals surface area contributed by atoms with Gasteiger partial charge in [-0.05, 0) is 36.4 Å². The van der Waals surface area contributed by atoms with E-state index in [0.29, 0.717) is 36.2 Å². The standard InChI is InChI=1S/C20H18N4O4/c1-26-15-4-2-3-13(11-15)21-19-8-6-16(23-24-19)20(25)22-14-5-7-17-18(12-14)28-10-9-27-17/h2-8,11-12H,9-10H2,1H3,(H,21,24)(H,22,25). The fraction of sp³-hybridized carbons (Fsp3) is 0.150. The van der Waals surface area contributed by atoms with Crippen molar-refractivity contribution in [2.75, 3.05) is 31.0 Å². The summed E-state index contributed by atoms with van der Waals surface area (Å²) in [5.41, 5.74) is 1.60. The average Bonchev–Trinajstić information content (AvgIpc) is 2.74. The number of benzene rings is 2. The van der Waals surface area contributed by atoms with Gasteiger partial charge in [0.2, 0.25) is 0 Å². The largest absolute Gasteiger partial charge is 0.497 e. The predicted molar refractivity (Wildman–Crippen MR) is 104 cm³/mol. The minimum absolute atomic E-state index is 0.200. The van der Waals surface area contributed by atoms with E-state index in [1.54, 1.807) is 37.4 Å². The number of fused-ring (bicyclic) bond motifs is 1. The van der Waals surface area contributed by atoms with E-state index < -0.39 is 0 Å². The number of hydrogen-bond acceptors (Lipinski definition) is 7. The Hall–Kier alpha value is -3.81. The summed E-state index contributed by atoms with van der Waals surface area (Å²) in [7, 11) is 1.61. The van der Waals surface area contributed by atoms with Crippen molar-refractivity contribution in [1.82, 2.24) is 10.2 Å². The highest BCUT2D eigenvalue weighted by Crippen LogP contribution is 2.32. The van der Waals surface area contributed by atoms with Crippen LogP contribution >= 0.6 is 0 Å². The van der Waals surface area contributed by atoms with Crippen LogP contribution in [0.4, 0.5) is 17.2 Å². The third-order valence-corrected chi connectivity index (χ3v) is 4.04. The van der Waals surface area contributed by atoms with Crippen LogP contribution in [0.3, 0.4) is 0 Å². The highest BCUT2D eigenvalue weighted by atomic mass is 16.6. The monoisotopic (exact) mass is 378 g/mol. The van der Waals surface area contributed by atoms with E-state index in [-0.39, 0.29) is 11.6 Å². The third kappa shape index (κ3) is 3.96. The van der Waals surface area contributed by atoms with Gasteiger partial charge in [0.25, 0.3) is 5.91 Å². The molecule has 2 aromatic carbocycles. The number of rotatable bonds is 5. The van der Waals surface area contributed by atoms with Gasteiger partial charge < -0.3 is 24.8 Å². The fourth-order valence-electron chi connectivity index (χ4n) is 2.68. The second-order valence-electron chi connectivity index (χ2n) is 5.97. The molecule has 0 unspecified atom stereocenters. The Balaban J connectivity index is 1.42. The van der Waals surface area contributed by atoms with Crippen molar-refractivity contribution in [3.8, 4) is 17.2 Å². The number of aromatic nitrogens is 2. The van der Waals surface area contributed by atoms with Gasteiger partial charge in [0.1, 0.15) is 19.0 Å². The van der Waals surface area contributed by atoms with Gasteiger partial charge >= 0.3 is 0 Å². The molecular formula is C20H18N4O4. The number of anilines is 3. The Morgan fingerprint density at radius 3 is 2.61 bits per heavy atom. The Labute approximate surface area is 161 Å². The van der Waals surface area contributed by atoms with Gasteiger partial charge in [0.15, 0.2) is 23.0 Å². The van der Waals surface area contributed by atoms with E-state index in [9.17, 15) is 4.79 Å². The first-order chi connectivity index (χ1) is 13.7. The SMILES string of the molecule is COc1cccc(Nc2ccc(C(=O)Nc3ccc4c(c3)OCCO4)nn2)c1. The van der Waals surface area contributed by atoms with Crippen molar-refractivity contribution >= 4 is 23.1 Å². The molecule has 142 valence electrons. The van der Waals surface area contributed by atoms with Gasteiger partial charge in [0, 0.05) is 23.5 Å². The van der Waals surface area contributed by atoms with Crippen LogP contribution in [0.2, 0.25) is 0 Å². The molecule has 28 heavy (non-hydrogen) atoms. The second-order valence-corrected chi connectivity index (χ2v) is 5.97. The van der Waals surface area contributed by atoms with Gasteiger partial charge in [-0.2, -0.15) is 0 Å². The van der Waals surface area contributed by atoms with Crippen molar-refractivity contribution in [3.63, 3.8) is 0 Å². The number of amides is 1. The van der Waals surface area contributed by atoms with E-state index in [0.717, 1.165) is 11.4 Å². The van der Waals surface area contributed by atoms with Crippen molar-refractivity contribution < 1.29 is 19.0 Å². The molecule has 0 radical (unpaired) electrons. The summed E-state index contributed by atoms with van der Waals surface area (Å²) in [4.78, 5) is 12.4. The van der Waals surface area contributed by atoms with Gasteiger partial charge in [-0.15, -0.1) is 10.2 Å². The van der Waals surface area contributed by atoms with Crippen molar-refractivity contribution in [2.45, 2.75) is 0 Å². The number of carbonyl (C=O) groups excluding carboxylic acids is 1. The maximum Gasteiger partial charge on any atom is 0.276 e. The molecule has 2 heterocycles. The molecule has 1 aliphatic heterocycles. The molecule has 8 heteroatoms. The highest BCUT2D eigenvalue weighted by Gasteiger charge is 2.14. The van der Waals surface area contributed by atoms with Gasteiger partial charge in [-0.1, -0.05) is 6.07 Å². The molecule has 0 saturated heterocycles. The van der Waals surface area contributed by atoms with Crippen LogP contribution < -0.4 is 24.8 Å². The van der Waals surface area contributed by atoms with Crippen LogP contribution in [0.25, 0.3) is 0 Å². The smallest absolute Gasteiger partial charge is 0.276 e. The molecule has 8 nitrogen and oxygen atoms in total. The van der Waals surface area contributed by atoms with E-state index in [1.165, 1.54) is 0 Å². The molecule has 4 rings (SSSR count). The Morgan fingerprint density at radius 1 is 0.964 bits per heavy atom. The lowest BCUT2D eigenvalue weighted by molar-refractivity contribution is 0.102. The first kappa shape index (κ1) is 17.6. The zero-order valence-electron chi connectivity index (χ0n) is 15.1. The van der Waals surface area contributed by atoms with Crippen LogP contribution in [0, 0.1) is 0 Å². The number of carbonyl (C=O) groups is 1. The highest BCUT2D eigenvalue weighted by molar-refractivity contribution is 6.03. The number of hydrogen-bond donors (Lipinski definition) is 2. The number of nitrogens with zero attached hydrogens (tertiary/aromatic N) is 2. The summed E-state index contributed by atoms with van der Waals surface area (Å²) in [5, 5.41) is 13.9. The van der Waals surface area contributed by atoms with Crippen LogP contribution in [0.1, 0.15) is 10.5 Å². The molecule has 0 fully saturated rings. The quantitative estimate of drug-likeness (QED) is 0.704. The predicted octanol–water partition coefficient (Wildman–Crippen LogP) is 3.25. The topological polar surface area (TPSA) is 94.6 Å². The first-order valence-electron chi connectivity index (χ1n) is 8.67. The molecule has 1 aromatic heterocycles. The minimum Gasteiger partial charge on any atom is -0.497 e. The molecule has 3 aromatic rings. The molecular weight excluding hydrogens is 360 g/mol. The molecule has 1 amide bonds. The lowest BCUT2D eigenvalue weighted by Crippen LogP contribution is -2.17. The maximum atomic E-state index is 12.4. The molecule has 0 aliphatic carbocycles. The Kier molecular flexibility index (Phi) is 4.92. The van der Waals surface area contributed by atoms with E-state index in [2.05, 4.69) is 20.8 Å². The number of methoxy groups -OCH3 is 1. The molecule has 0 spiro atoms. The van der Waals surface area contributed by atoms with E-state index >= 15 is 0 Å². The van der Waals surface area contributed by atoms with Crippen LogP contribution in [-0.2, 0) is 0 Å². The normalized spacial score (nSPS) is 12.2. The lowest BCUT2D eigenvalue weighted by Gasteiger charge is -2.18. The molecule has 0 atom stereocenters. The zero-order valence-corrected chi connectivity index (χ0v) is 15.1. The molecule has 1 aliphatic rings. The molecule has 0 bridgehead atoms. The number of ether oxygens (including phenoxy) is 3. The fourth-order valence-corrected chi connectivity index (χ4v) is 2.68. The van der Waals surface area contributed by atoms with Crippen molar-refractivity contribution in [3.05, 3.63) is 60.3 Å². The minimum atomic E-state index is -0.364. The Bertz CT molecular complexity index is 992. The summed E-state index contributed by atoms with van der Waals surface area (Å²) in [6.07, 6.45) is 0. The van der Waals surface area contributed by atoms with Gasteiger partial charge in [-0.3, -0.25) is 4.79 Å². The van der Waals surface area contributed by atoms with Crippen LogP contribution in [0.15, 0.2) is 54.6 Å². The molecule has 2 N–H and O–H groups in total. The lowest BCUT2D eigenvalue weighted by atomic mass is 10.2. The van der Waals surface area contributed by atoms with Gasteiger partial charge in [0.05, 0.1) is 7.11 Å². The summed E-state index contributed by atoms with van der Waals surface area (Å²) >= 11 is 0. The maximum absolute atomic E-state index is 12.4. The summed E-state index contributed by atoms with van der Waals surface area (Å²) in [6, 6.07) is 15.9. The summed E-state index contributed by atoms with van der Waals surface area (Å²) < 4.78 is 16.2. The van der Waals surface area contributed by atoms with Crippen molar-refractivity contribution in [2.24, 2.45) is 0 Å². The Morgan fingerprint density at radius 2 is 1.82 bits per heavy atom. The van der Waals surface area contributed by atoms with Crippen LogP contribution in [0.5, 0.6) is 17.2 Å². The summed E-state index contributed by atoms with van der Waals surface area (Å²) in [6.45, 7) is 1.00. The third-order valence-electron chi connectivity index (χ3n) is 4.04. The van der Waals surface area contributed by atoms with Crippen LogP contribution in [-0.4, -0.2) is 36.4 Å².